The van der Waals surface area contributed by atoms with Crippen LogP contribution in [0.25, 0.3) is 0 Å². The van der Waals surface area contributed by atoms with Crippen LogP contribution in [0.1, 0.15) is 27.1 Å². The molecule has 0 spiro atoms. The van der Waals surface area contributed by atoms with Crippen LogP contribution in [-0.4, -0.2) is 63.7 Å². The Morgan fingerprint density at radius 1 is 1.03 bits per heavy atom. The highest BCUT2D eigenvalue weighted by Gasteiger charge is 2.26. The van der Waals surface area contributed by atoms with E-state index in [0.29, 0.717) is 37.3 Å². The van der Waals surface area contributed by atoms with Gasteiger partial charge in [0, 0.05) is 48.7 Å². The van der Waals surface area contributed by atoms with Crippen molar-refractivity contribution in [2.24, 2.45) is 0 Å². The van der Waals surface area contributed by atoms with Crippen LogP contribution in [-0.2, 0) is 11.3 Å². The van der Waals surface area contributed by atoms with Gasteiger partial charge in [0.1, 0.15) is 0 Å². The second kappa shape index (κ2) is 9.68. The highest BCUT2D eigenvalue weighted by atomic mass is 32.2. The predicted molar refractivity (Wildman–Crippen MR) is 108 cm³/mol. The van der Waals surface area contributed by atoms with Crippen molar-refractivity contribution < 1.29 is 27.5 Å². The van der Waals surface area contributed by atoms with Crippen molar-refractivity contribution in [1.82, 2.24) is 9.80 Å². The van der Waals surface area contributed by atoms with E-state index < -0.39 is 23.0 Å². The monoisotopic (exact) mass is 434 g/mol. The molecule has 8 nitrogen and oxygen atoms in total. The van der Waals surface area contributed by atoms with E-state index in [1.54, 1.807) is 11.0 Å². The average Bonchev–Trinajstić information content (AvgIpc) is 2.99. The Balaban J connectivity index is 1.66. The standard InChI is InChI=1S/C20H22FN3O5S/c1-29-17-5-2-4-16(18(17)21)20(26)24-11-3-10-23(12-13-24)19(25)14-6-8-15(9-7-14)22-30(27)28/h2,4-9,22H,3,10-13H2,1H3,(H,27,28)/p-1. The highest BCUT2D eigenvalue weighted by Crippen LogP contribution is 2.22. The fourth-order valence-electron chi connectivity index (χ4n) is 3.29. The van der Waals surface area contributed by atoms with Crippen molar-refractivity contribution in [2.45, 2.75) is 6.42 Å². The minimum atomic E-state index is -2.44. The molecule has 0 radical (unpaired) electrons. The third-order valence-corrected chi connectivity index (χ3v) is 5.22. The third-order valence-electron chi connectivity index (χ3n) is 4.82. The Bertz CT molecular complexity index is 954. The summed E-state index contributed by atoms with van der Waals surface area (Å²) in [6.07, 6.45) is 0.553. The lowest BCUT2D eigenvalue weighted by Crippen LogP contribution is -2.37. The van der Waals surface area contributed by atoms with Crippen LogP contribution in [0.4, 0.5) is 10.1 Å². The zero-order valence-corrected chi connectivity index (χ0v) is 17.1. The van der Waals surface area contributed by atoms with Gasteiger partial charge in [-0.3, -0.25) is 13.8 Å². The number of nitrogens with one attached hydrogen (secondary N) is 1. The minimum Gasteiger partial charge on any atom is -0.755 e. The van der Waals surface area contributed by atoms with Crippen LogP contribution >= 0.6 is 0 Å². The molecule has 1 fully saturated rings. The van der Waals surface area contributed by atoms with Crippen molar-refractivity contribution >= 4 is 28.8 Å². The zero-order valence-electron chi connectivity index (χ0n) is 16.3. The van der Waals surface area contributed by atoms with Gasteiger partial charge in [0.25, 0.3) is 11.8 Å². The molecule has 2 aromatic carbocycles. The van der Waals surface area contributed by atoms with Gasteiger partial charge in [0.2, 0.25) is 0 Å². The lowest BCUT2D eigenvalue weighted by Gasteiger charge is -2.23. The molecule has 1 N–H and O–H groups in total. The van der Waals surface area contributed by atoms with E-state index in [1.165, 1.54) is 48.4 Å². The first-order chi connectivity index (χ1) is 14.4. The van der Waals surface area contributed by atoms with E-state index in [2.05, 4.69) is 4.72 Å². The molecule has 1 atom stereocenters. The number of hydrogen-bond donors (Lipinski definition) is 1. The molecule has 160 valence electrons. The van der Waals surface area contributed by atoms with Crippen molar-refractivity contribution in [3.8, 4) is 5.75 Å². The number of hydrogen-bond acceptors (Lipinski definition) is 5. The summed E-state index contributed by atoms with van der Waals surface area (Å²) >= 11 is -2.44. The van der Waals surface area contributed by atoms with Gasteiger partial charge in [-0.2, -0.15) is 0 Å². The lowest BCUT2D eigenvalue weighted by atomic mass is 10.1. The normalized spacial score (nSPS) is 15.3. The van der Waals surface area contributed by atoms with E-state index in [1.807, 2.05) is 0 Å². The van der Waals surface area contributed by atoms with Gasteiger partial charge < -0.3 is 23.8 Å². The molecule has 2 amide bonds. The van der Waals surface area contributed by atoms with Crippen LogP contribution in [0.2, 0.25) is 0 Å². The van der Waals surface area contributed by atoms with Gasteiger partial charge in [-0.15, -0.1) is 0 Å². The topological polar surface area (TPSA) is 102 Å². The number of carbonyl (C=O) groups excluding carboxylic acids is 2. The number of amides is 2. The summed E-state index contributed by atoms with van der Waals surface area (Å²) in [4.78, 5) is 28.7. The van der Waals surface area contributed by atoms with Crippen LogP contribution in [0.3, 0.4) is 0 Å². The largest absolute Gasteiger partial charge is 0.755 e. The van der Waals surface area contributed by atoms with Crippen LogP contribution in [0.15, 0.2) is 42.5 Å². The fourth-order valence-corrected chi connectivity index (χ4v) is 3.62. The maximum atomic E-state index is 14.4. The maximum Gasteiger partial charge on any atom is 0.257 e. The van der Waals surface area contributed by atoms with Crippen LogP contribution in [0, 0.1) is 5.82 Å². The number of anilines is 1. The first-order valence-corrected chi connectivity index (χ1v) is 10.3. The highest BCUT2D eigenvalue weighted by molar-refractivity contribution is 7.80. The zero-order chi connectivity index (χ0) is 21.7. The Kier molecular flexibility index (Phi) is 7.01. The van der Waals surface area contributed by atoms with Gasteiger partial charge >= 0.3 is 0 Å². The van der Waals surface area contributed by atoms with E-state index in [0.717, 1.165) is 0 Å². The first-order valence-electron chi connectivity index (χ1n) is 9.27. The number of rotatable bonds is 5. The second-order valence-electron chi connectivity index (χ2n) is 6.67. The molecule has 0 bridgehead atoms. The molecular weight excluding hydrogens is 413 g/mol. The van der Waals surface area contributed by atoms with Crippen LogP contribution < -0.4 is 9.46 Å². The van der Waals surface area contributed by atoms with Gasteiger partial charge in [-0.05, 0) is 42.8 Å². The van der Waals surface area contributed by atoms with E-state index >= 15 is 0 Å². The van der Waals surface area contributed by atoms with Crippen molar-refractivity contribution in [1.29, 1.82) is 0 Å². The molecule has 1 heterocycles. The second-order valence-corrected chi connectivity index (χ2v) is 7.35. The molecule has 3 rings (SSSR count). The van der Waals surface area contributed by atoms with E-state index in [4.69, 9.17) is 4.74 Å². The SMILES string of the molecule is COc1cccc(C(=O)N2CCCN(C(=O)c3ccc(NS(=O)[O-])cc3)CC2)c1F. The van der Waals surface area contributed by atoms with Crippen molar-refractivity contribution in [2.75, 3.05) is 38.0 Å². The number of nitrogens with zero attached hydrogens (tertiary/aromatic N) is 2. The summed E-state index contributed by atoms with van der Waals surface area (Å²) in [5.74, 6) is -1.35. The summed E-state index contributed by atoms with van der Waals surface area (Å²) in [5, 5.41) is 0. The number of carbonyl (C=O) groups is 2. The average molecular weight is 434 g/mol. The summed E-state index contributed by atoms with van der Waals surface area (Å²) in [7, 11) is 1.34. The predicted octanol–water partition coefficient (Wildman–Crippen LogP) is 2.03. The molecule has 1 unspecified atom stereocenters. The smallest absolute Gasteiger partial charge is 0.257 e. The fraction of sp³-hybridized carbons (Fsp3) is 0.300. The number of halogens is 1. The summed E-state index contributed by atoms with van der Waals surface area (Å²) in [5.41, 5.74) is 0.705. The van der Waals surface area contributed by atoms with Gasteiger partial charge in [0.15, 0.2) is 11.6 Å². The van der Waals surface area contributed by atoms with E-state index in [9.17, 15) is 22.7 Å². The van der Waals surface area contributed by atoms with Crippen LogP contribution in [0.5, 0.6) is 5.75 Å². The summed E-state index contributed by atoms with van der Waals surface area (Å²) in [6, 6.07) is 10.5. The third kappa shape index (κ3) is 4.95. The molecule has 2 aromatic rings. The molecule has 1 aliphatic rings. The molecule has 30 heavy (non-hydrogen) atoms. The summed E-state index contributed by atoms with van der Waals surface area (Å²) < 4.78 is 42.9. The molecule has 0 saturated carbocycles. The first kappa shape index (κ1) is 21.7. The Morgan fingerprint density at radius 2 is 1.67 bits per heavy atom. The lowest BCUT2D eigenvalue weighted by molar-refractivity contribution is 0.0715. The molecular formula is C20H21FN3O5S-. The molecule has 0 aliphatic carbocycles. The van der Waals surface area contributed by atoms with Gasteiger partial charge in [-0.25, -0.2) is 4.39 Å². The minimum absolute atomic E-state index is 0.00576. The Morgan fingerprint density at radius 3 is 2.27 bits per heavy atom. The molecule has 1 saturated heterocycles. The number of benzene rings is 2. The maximum absolute atomic E-state index is 14.4. The van der Waals surface area contributed by atoms with Crippen molar-refractivity contribution in [3.63, 3.8) is 0 Å². The summed E-state index contributed by atoms with van der Waals surface area (Å²) in [6.45, 7) is 1.43. The number of methoxy groups -OCH3 is 1. The van der Waals surface area contributed by atoms with Gasteiger partial charge in [0.05, 0.1) is 12.7 Å². The molecule has 1 aliphatic heterocycles. The molecule has 0 aromatic heterocycles. The quantitative estimate of drug-likeness (QED) is 0.726. The van der Waals surface area contributed by atoms with Crippen molar-refractivity contribution in [3.05, 3.63) is 59.4 Å². The molecule has 10 heteroatoms. The van der Waals surface area contributed by atoms with Gasteiger partial charge in [-0.1, -0.05) is 6.07 Å². The Hall–Kier alpha value is -2.98. The number of ether oxygens (including phenoxy) is 1. The Labute approximate surface area is 176 Å². The van der Waals surface area contributed by atoms with E-state index in [-0.39, 0.29) is 23.8 Å².